The van der Waals surface area contributed by atoms with E-state index < -0.39 is 10.7 Å². The molecule has 0 aliphatic rings. The second-order valence-electron chi connectivity index (χ2n) is 4.36. The molecule has 0 heterocycles. The lowest BCUT2D eigenvalue weighted by atomic mass is 10.2. The molecule has 0 saturated heterocycles. The molecule has 5 N–H and O–H groups in total. The van der Waals surface area contributed by atoms with E-state index >= 15 is 0 Å². The number of hydrogen-bond acceptors (Lipinski definition) is 7. The SMILES string of the molecule is COc1ccc(CN/C(N)=C/C(=C\N)C[SH](=O)=O)c(OC)c1. The van der Waals surface area contributed by atoms with Crippen molar-refractivity contribution in [1.82, 2.24) is 5.32 Å². The molecule has 0 spiro atoms. The standard InChI is InChI=1S/C14H21N3O4S/c1-20-12-4-3-11(13(6-12)21-2)8-17-14(16)5-10(7-15)9-22(18)19/h3-7,17,22H,8-9,15-16H2,1-2H3/b10-7+,14-5+. The smallest absolute Gasteiger partial charge is 0.144 e. The Kier molecular flexibility index (Phi) is 7.11. The summed E-state index contributed by atoms with van der Waals surface area (Å²) in [5.74, 6) is 1.51. The maximum absolute atomic E-state index is 10.7. The van der Waals surface area contributed by atoms with Crippen molar-refractivity contribution in [2.45, 2.75) is 6.54 Å². The summed E-state index contributed by atoms with van der Waals surface area (Å²) in [4.78, 5) is 0. The Balaban J connectivity index is 2.76. The van der Waals surface area contributed by atoms with E-state index in [1.54, 1.807) is 20.3 Å². The van der Waals surface area contributed by atoms with E-state index in [0.29, 0.717) is 29.4 Å². The first kappa shape index (κ1) is 17.7. The predicted molar refractivity (Wildman–Crippen MR) is 86.1 cm³/mol. The van der Waals surface area contributed by atoms with Gasteiger partial charge in [0.15, 0.2) is 0 Å². The van der Waals surface area contributed by atoms with Crippen LogP contribution in [0.4, 0.5) is 0 Å². The molecule has 0 aromatic heterocycles. The topological polar surface area (TPSA) is 117 Å². The van der Waals surface area contributed by atoms with Crippen molar-refractivity contribution in [1.29, 1.82) is 0 Å². The molecule has 0 aliphatic carbocycles. The summed E-state index contributed by atoms with van der Waals surface area (Å²) < 4.78 is 31.8. The molecule has 0 radical (unpaired) electrons. The van der Waals surface area contributed by atoms with Crippen LogP contribution >= 0.6 is 0 Å². The highest BCUT2D eigenvalue weighted by atomic mass is 32.2. The molecule has 0 aliphatic heterocycles. The Morgan fingerprint density at radius 1 is 1.32 bits per heavy atom. The minimum absolute atomic E-state index is 0.153. The van der Waals surface area contributed by atoms with Gasteiger partial charge in [-0.2, -0.15) is 0 Å². The van der Waals surface area contributed by atoms with Crippen LogP contribution in [-0.4, -0.2) is 28.4 Å². The van der Waals surface area contributed by atoms with Crippen molar-refractivity contribution >= 4 is 10.7 Å². The summed E-state index contributed by atoms with van der Waals surface area (Å²) in [6.07, 6.45) is 2.70. The molecule has 122 valence electrons. The summed E-state index contributed by atoms with van der Waals surface area (Å²) in [5, 5.41) is 2.97. The van der Waals surface area contributed by atoms with Crippen LogP contribution in [-0.2, 0) is 17.2 Å². The van der Waals surface area contributed by atoms with Crippen molar-refractivity contribution in [3.8, 4) is 11.5 Å². The van der Waals surface area contributed by atoms with Gasteiger partial charge in [0.25, 0.3) is 0 Å². The summed E-state index contributed by atoms with van der Waals surface area (Å²) >= 11 is 0. The number of nitrogens with two attached hydrogens (primary N) is 2. The van der Waals surface area contributed by atoms with Crippen LogP contribution in [0.15, 0.2) is 41.9 Å². The van der Waals surface area contributed by atoms with Crippen molar-refractivity contribution in [2.24, 2.45) is 11.5 Å². The second kappa shape index (κ2) is 8.83. The lowest BCUT2D eigenvalue weighted by Crippen LogP contribution is -2.20. The van der Waals surface area contributed by atoms with Crippen LogP contribution < -0.4 is 26.3 Å². The van der Waals surface area contributed by atoms with E-state index in [4.69, 9.17) is 20.9 Å². The molecular formula is C14H21N3O4S. The molecular weight excluding hydrogens is 306 g/mol. The van der Waals surface area contributed by atoms with Gasteiger partial charge in [-0.3, -0.25) is 0 Å². The summed E-state index contributed by atoms with van der Waals surface area (Å²) in [7, 11) is 0.592. The Hall–Kier alpha value is -2.35. The minimum atomic E-state index is -2.55. The van der Waals surface area contributed by atoms with Crippen molar-refractivity contribution in [3.05, 3.63) is 47.4 Å². The average Bonchev–Trinajstić information content (AvgIpc) is 2.51. The molecule has 1 rings (SSSR count). The highest BCUT2D eigenvalue weighted by molar-refractivity contribution is 7.72. The monoisotopic (exact) mass is 327 g/mol. The summed E-state index contributed by atoms with van der Waals surface area (Å²) in [5.41, 5.74) is 12.5. The third kappa shape index (κ3) is 5.57. The van der Waals surface area contributed by atoms with Crippen LogP contribution in [0.25, 0.3) is 0 Å². The van der Waals surface area contributed by atoms with Gasteiger partial charge < -0.3 is 26.3 Å². The number of nitrogens with one attached hydrogen (secondary N) is 1. The van der Waals surface area contributed by atoms with E-state index in [1.807, 2.05) is 12.1 Å². The number of hydrogen-bond donors (Lipinski definition) is 4. The molecule has 8 heteroatoms. The fourth-order valence-corrected chi connectivity index (χ4v) is 2.24. The van der Waals surface area contributed by atoms with Gasteiger partial charge in [-0.05, 0) is 30.0 Å². The molecule has 0 fully saturated rings. The highest BCUT2D eigenvalue weighted by Gasteiger charge is 2.05. The minimum Gasteiger partial charge on any atom is -0.497 e. The van der Waals surface area contributed by atoms with Crippen LogP contribution in [0, 0.1) is 0 Å². The Morgan fingerprint density at radius 2 is 2.05 bits per heavy atom. The lowest BCUT2D eigenvalue weighted by Gasteiger charge is -2.12. The maximum Gasteiger partial charge on any atom is 0.144 e. The fraction of sp³-hybridized carbons (Fsp3) is 0.286. The van der Waals surface area contributed by atoms with E-state index in [0.717, 1.165) is 5.56 Å². The van der Waals surface area contributed by atoms with Crippen LogP contribution in [0.1, 0.15) is 5.56 Å². The Labute approximate surface area is 131 Å². The zero-order chi connectivity index (χ0) is 16.5. The number of methoxy groups -OCH3 is 2. The first-order valence-electron chi connectivity index (χ1n) is 6.44. The molecule has 0 amide bonds. The summed E-state index contributed by atoms with van der Waals surface area (Å²) in [6.45, 7) is 0.414. The Morgan fingerprint density at radius 3 is 2.59 bits per heavy atom. The van der Waals surface area contributed by atoms with Gasteiger partial charge in [0, 0.05) is 18.2 Å². The van der Waals surface area contributed by atoms with Gasteiger partial charge in [0.05, 0.1) is 25.8 Å². The van der Waals surface area contributed by atoms with Crippen LogP contribution in [0.3, 0.4) is 0 Å². The average molecular weight is 327 g/mol. The second-order valence-corrected chi connectivity index (χ2v) is 5.35. The van der Waals surface area contributed by atoms with Gasteiger partial charge in [0.2, 0.25) is 0 Å². The number of thiol groups is 1. The molecule has 0 atom stereocenters. The van der Waals surface area contributed by atoms with Crippen molar-refractivity contribution in [3.63, 3.8) is 0 Å². The quantitative estimate of drug-likeness (QED) is 0.394. The molecule has 0 bridgehead atoms. The van der Waals surface area contributed by atoms with Crippen LogP contribution in [0.5, 0.6) is 11.5 Å². The maximum atomic E-state index is 10.7. The highest BCUT2D eigenvalue weighted by Crippen LogP contribution is 2.24. The number of benzene rings is 1. The first-order valence-corrected chi connectivity index (χ1v) is 7.81. The normalized spacial score (nSPS) is 12.3. The third-order valence-electron chi connectivity index (χ3n) is 2.84. The predicted octanol–water partition coefficient (Wildman–Crippen LogP) is 0.0475. The van der Waals surface area contributed by atoms with E-state index in [2.05, 4.69) is 5.32 Å². The van der Waals surface area contributed by atoms with E-state index in [-0.39, 0.29) is 5.75 Å². The fourth-order valence-electron chi connectivity index (χ4n) is 1.74. The molecule has 0 saturated carbocycles. The van der Waals surface area contributed by atoms with Gasteiger partial charge in [-0.15, -0.1) is 0 Å². The van der Waals surface area contributed by atoms with E-state index in [9.17, 15) is 8.42 Å². The Bertz CT molecular complexity index is 631. The van der Waals surface area contributed by atoms with Crippen molar-refractivity contribution in [2.75, 3.05) is 20.0 Å². The third-order valence-corrected chi connectivity index (χ3v) is 3.47. The molecule has 7 nitrogen and oxygen atoms in total. The van der Waals surface area contributed by atoms with Crippen molar-refractivity contribution < 1.29 is 17.9 Å². The molecule has 0 unspecified atom stereocenters. The van der Waals surface area contributed by atoms with Gasteiger partial charge in [-0.25, -0.2) is 8.42 Å². The molecule has 22 heavy (non-hydrogen) atoms. The molecule has 1 aromatic carbocycles. The lowest BCUT2D eigenvalue weighted by molar-refractivity contribution is 0.390. The van der Waals surface area contributed by atoms with Gasteiger partial charge in [-0.1, -0.05) is 0 Å². The zero-order valence-electron chi connectivity index (χ0n) is 12.5. The zero-order valence-corrected chi connectivity index (χ0v) is 13.4. The molecule has 1 aromatic rings. The van der Waals surface area contributed by atoms with Gasteiger partial charge >= 0.3 is 0 Å². The van der Waals surface area contributed by atoms with Crippen LogP contribution in [0.2, 0.25) is 0 Å². The number of ether oxygens (including phenoxy) is 2. The van der Waals surface area contributed by atoms with E-state index in [1.165, 1.54) is 12.3 Å². The van der Waals surface area contributed by atoms with Gasteiger partial charge in [0.1, 0.15) is 22.2 Å². The number of rotatable bonds is 8. The number of allylic oxidation sites excluding steroid dienone is 1. The summed E-state index contributed by atoms with van der Waals surface area (Å²) in [6, 6.07) is 5.43. The first-order chi connectivity index (χ1) is 10.5. The largest absolute Gasteiger partial charge is 0.497 e.